The first-order valence-electron chi connectivity index (χ1n) is 11.6. The lowest BCUT2D eigenvalue weighted by Gasteiger charge is -2.42. The topological polar surface area (TPSA) is 136 Å². The predicted octanol–water partition coefficient (Wildman–Crippen LogP) is 3.39. The number of hydrogen-bond acceptors (Lipinski definition) is 5. The second-order valence-electron chi connectivity index (χ2n) is 8.52. The summed E-state index contributed by atoms with van der Waals surface area (Å²) in [5.41, 5.74) is 1.39. The van der Waals surface area contributed by atoms with Gasteiger partial charge in [-0.05, 0) is 44.0 Å². The molecule has 1 saturated heterocycles. The molecule has 1 fully saturated rings. The molecule has 3 N–H and O–H groups in total. The fourth-order valence-electron chi connectivity index (χ4n) is 4.12. The molecule has 3 amide bonds. The Labute approximate surface area is 225 Å². The lowest BCUT2D eigenvalue weighted by molar-refractivity contribution is -0.138. The zero-order valence-electron chi connectivity index (χ0n) is 20.3. The smallest absolute Gasteiger partial charge is 0.319 e. The Bertz CT molecular complexity index is 1290. The molecule has 1 aliphatic rings. The number of carbonyl (C=O) groups excluding carboxylic acids is 2. The van der Waals surface area contributed by atoms with Crippen LogP contribution in [-0.2, 0) is 19.6 Å². The average molecular weight is 571 g/mol. The van der Waals surface area contributed by atoms with Crippen molar-refractivity contribution in [1.82, 2.24) is 19.8 Å². The summed E-state index contributed by atoms with van der Waals surface area (Å²) in [6, 6.07) is 9.16. The van der Waals surface area contributed by atoms with Gasteiger partial charge in [-0.3, -0.25) is 14.5 Å². The average Bonchev–Trinajstić information content (AvgIpc) is 2.84. The number of benzene rings is 2. The Balaban J connectivity index is 2.04. The molecular formula is C24H28Cl2N4O6S. The molecule has 0 bridgehead atoms. The molecule has 13 heteroatoms. The van der Waals surface area contributed by atoms with Gasteiger partial charge in [0.15, 0.2) is 6.17 Å². The van der Waals surface area contributed by atoms with Crippen LogP contribution in [0.2, 0.25) is 10.0 Å². The van der Waals surface area contributed by atoms with Crippen LogP contribution in [0.3, 0.4) is 0 Å². The van der Waals surface area contributed by atoms with E-state index in [0.29, 0.717) is 5.56 Å². The van der Waals surface area contributed by atoms with Gasteiger partial charge in [-0.2, -0.15) is 4.31 Å². The van der Waals surface area contributed by atoms with E-state index in [0.717, 1.165) is 14.8 Å². The highest BCUT2D eigenvalue weighted by Crippen LogP contribution is 2.30. The van der Waals surface area contributed by atoms with E-state index < -0.39 is 46.6 Å². The fraction of sp³-hybridized carbons (Fsp3) is 0.375. The Kier molecular flexibility index (Phi) is 9.41. The number of nitrogens with zero attached hydrogens (tertiary/aromatic N) is 2. The molecule has 0 aliphatic carbocycles. The number of carboxylic acids is 1. The summed E-state index contributed by atoms with van der Waals surface area (Å²) in [6.45, 7) is 3.85. The first-order chi connectivity index (χ1) is 17.4. The third-order valence-electron chi connectivity index (χ3n) is 5.81. The van der Waals surface area contributed by atoms with E-state index in [4.69, 9.17) is 23.2 Å². The molecule has 2 aromatic carbocycles. The van der Waals surface area contributed by atoms with Crippen molar-refractivity contribution in [3.63, 3.8) is 0 Å². The van der Waals surface area contributed by atoms with Crippen LogP contribution < -0.4 is 10.6 Å². The van der Waals surface area contributed by atoms with Crippen molar-refractivity contribution in [1.29, 1.82) is 0 Å². The zero-order chi connectivity index (χ0) is 27.3. The van der Waals surface area contributed by atoms with E-state index in [9.17, 15) is 27.9 Å². The molecule has 200 valence electrons. The zero-order valence-corrected chi connectivity index (χ0v) is 22.6. The van der Waals surface area contributed by atoms with Gasteiger partial charge in [0, 0.05) is 19.6 Å². The standard InChI is InChI=1S/C24H28Cl2N4O6S/c1-3-27-24(34)29-10-5-11-30(37(35,36)17-8-9-18(25)19(26)13-17)23(29)22(33)28-20(14-21(31)32)16-7-4-6-15(2)12-16/h4,6-9,12-13,20,23H,3,5,10-11,14H2,1-2H3,(H,27,34)(H,28,33)(H,31,32). The summed E-state index contributed by atoms with van der Waals surface area (Å²) in [5.74, 6) is -1.99. The second kappa shape index (κ2) is 12.1. The van der Waals surface area contributed by atoms with Gasteiger partial charge in [-0.1, -0.05) is 53.0 Å². The van der Waals surface area contributed by atoms with Crippen molar-refractivity contribution in [3.05, 3.63) is 63.6 Å². The van der Waals surface area contributed by atoms with Gasteiger partial charge in [-0.25, -0.2) is 13.2 Å². The molecule has 0 spiro atoms. The number of sulfonamides is 1. The maximum absolute atomic E-state index is 13.7. The molecule has 0 radical (unpaired) electrons. The molecule has 2 unspecified atom stereocenters. The van der Waals surface area contributed by atoms with E-state index in [2.05, 4.69) is 10.6 Å². The van der Waals surface area contributed by atoms with E-state index in [1.54, 1.807) is 25.1 Å². The molecule has 2 atom stereocenters. The largest absolute Gasteiger partial charge is 0.481 e. The second-order valence-corrected chi connectivity index (χ2v) is 11.2. The van der Waals surface area contributed by atoms with Gasteiger partial charge in [-0.15, -0.1) is 0 Å². The molecule has 37 heavy (non-hydrogen) atoms. The number of rotatable bonds is 8. The van der Waals surface area contributed by atoms with Gasteiger partial charge >= 0.3 is 12.0 Å². The van der Waals surface area contributed by atoms with Gasteiger partial charge < -0.3 is 15.7 Å². The van der Waals surface area contributed by atoms with Crippen LogP contribution in [0.1, 0.15) is 36.9 Å². The number of urea groups is 1. The number of aliphatic carboxylic acids is 1. The van der Waals surface area contributed by atoms with E-state index in [1.807, 2.05) is 13.0 Å². The lowest BCUT2D eigenvalue weighted by Crippen LogP contribution is -2.65. The van der Waals surface area contributed by atoms with Gasteiger partial charge in [0.05, 0.1) is 27.4 Å². The third kappa shape index (κ3) is 6.72. The quantitative estimate of drug-likeness (QED) is 0.445. The van der Waals surface area contributed by atoms with Gasteiger partial charge in [0.2, 0.25) is 10.0 Å². The maximum Gasteiger partial charge on any atom is 0.319 e. The van der Waals surface area contributed by atoms with Crippen LogP contribution in [0.15, 0.2) is 47.4 Å². The summed E-state index contributed by atoms with van der Waals surface area (Å²) in [5, 5.41) is 14.9. The summed E-state index contributed by atoms with van der Waals surface area (Å²) in [7, 11) is -4.32. The lowest BCUT2D eigenvalue weighted by atomic mass is 10.0. The van der Waals surface area contributed by atoms with Crippen LogP contribution in [0.5, 0.6) is 0 Å². The minimum Gasteiger partial charge on any atom is -0.481 e. The molecular weight excluding hydrogens is 543 g/mol. The van der Waals surface area contributed by atoms with Gasteiger partial charge in [0.25, 0.3) is 5.91 Å². The van der Waals surface area contributed by atoms with Crippen LogP contribution in [0, 0.1) is 6.92 Å². The minimum atomic E-state index is -4.32. The maximum atomic E-state index is 13.7. The number of halogens is 2. The number of carbonyl (C=O) groups is 3. The monoisotopic (exact) mass is 570 g/mol. The van der Waals surface area contributed by atoms with Crippen molar-refractivity contribution >= 4 is 51.1 Å². The Morgan fingerprint density at radius 1 is 1.11 bits per heavy atom. The number of aryl methyl sites for hydroxylation is 1. The predicted molar refractivity (Wildman–Crippen MR) is 139 cm³/mol. The van der Waals surface area contributed by atoms with Crippen LogP contribution in [0.25, 0.3) is 0 Å². The van der Waals surface area contributed by atoms with Crippen molar-refractivity contribution in [2.45, 2.75) is 43.8 Å². The molecule has 10 nitrogen and oxygen atoms in total. The number of hydrogen-bond donors (Lipinski definition) is 3. The first kappa shape index (κ1) is 28.7. The highest BCUT2D eigenvalue weighted by atomic mass is 35.5. The van der Waals surface area contributed by atoms with Crippen molar-refractivity contribution in [3.8, 4) is 0 Å². The van der Waals surface area contributed by atoms with Crippen LogP contribution >= 0.6 is 23.2 Å². The Morgan fingerprint density at radius 3 is 2.46 bits per heavy atom. The Morgan fingerprint density at radius 2 is 1.84 bits per heavy atom. The summed E-state index contributed by atoms with van der Waals surface area (Å²) in [4.78, 5) is 39.1. The first-order valence-corrected chi connectivity index (χ1v) is 13.8. The molecule has 1 heterocycles. The molecule has 3 rings (SSSR count). The van der Waals surface area contributed by atoms with E-state index in [-0.39, 0.29) is 41.0 Å². The normalized spacial score (nSPS) is 17.2. The number of nitrogens with one attached hydrogen (secondary N) is 2. The minimum absolute atomic E-state index is 0.0160. The molecule has 0 aromatic heterocycles. The summed E-state index contributed by atoms with van der Waals surface area (Å²) < 4.78 is 28.2. The SMILES string of the molecule is CCNC(=O)N1CCCN(S(=O)(=O)c2ccc(Cl)c(Cl)c2)C1C(=O)NC(CC(=O)O)c1cccc(C)c1. The van der Waals surface area contributed by atoms with Crippen LogP contribution in [-0.4, -0.2) is 66.4 Å². The third-order valence-corrected chi connectivity index (χ3v) is 8.39. The Hall–Kier alpha value is -2.86. The van der Waals surface area contributed by atoms with E-state index >= 15 is 0 Å². The highest BCUT2D eigenvalue weighted by Gasteiger charge is 2.44. The van der Waals surface area contributed by atoms with Gasteiger partial charge in [0.1, 0.15) is 0 Å². The number of amides is 3. The summed E-state index contributed by atoms with van der Waals surface area (Å²) in [6.07, 6.45) is -1.73. The summed E-state index contributed by atoms with van der Waals surface area (Å²) >= 11 is 12.0. The fourth-order valence-corrected chi connectivity index (χ4v) is 6.10. The van der Waals surface area contributed by atoms with Crippen LogP contribution in [0.4, 0.5) is 4.79 Å². The van der Waals surface area contributed by atoms with Crippen molar-refractivity contribution in [2.24, 2.45) is 0 Å². The molecule has 1 aliphatic heterocycles. The van der Waals surface area contributed by atoms with E-state index in [1.165, 1.54) is 18.2 Å². The molecule has 0 saturated carbocycles. The molecule has 2 aromatic rings. The van der Waals surface area contributed by atoms with Crippen molar-refractivity contribution in [2.75, 3.05) is 19.6 Å². The number of carboxylic acid groups (broad SMARTS) is 1. The van der Waals surface area contributed by atoms with Crippen molar-refractivity contribution < 1.29 is 27.9 Å². The highest BCUT2D eigenvalue weighted by molar-refractivity contribution is 7.89.